The summed E-state index contributed by atoms with van der Waals surface area (Å²) in [6, 6.07) is 0. The Morgan fingerprint density at radius 3 is 0.706 bits per heavy atom. The molecule has 0 amide bonds. The van der Waals surface area contributed by atoms with Crippen LogP contribution in [0.15, 0.2) is 0 Å². The molecule has 0 rings (SSSR count). The molecule has 0 aliphatic rings. The molecule has 0 heterocycles. The zero-order chi connectivity index (χ0) is 14.1. The standard InChI is InChI=1S/2C6H15P.2BrH.Pd/c2*1-4-7(5-2)6-3;;;/h2*4-6H2,1-3H3;2*1H;/q;;;;+2. The fraction of sp³-hybridized carbons (Fsp3) is 1.00. The molecule has 0 radical (unpaired) electrons. The van der Waals surface area contributed by atoms with E-state index in [1.54, 1.807) is 0 Å². The quantitative estimate of drug-likeness (QED) is 0.298. The van der Waals surface area contributed by atoms with Gasteiger partial charge in [-0.3, -0.25) is 0 Å². The van der Waals surface area contributed by atoms with Crippen molar-refractivity contribution in [3.8, 4) is 0 Å². The van der Waals surface area contributed by atoms with Gasteiger partial charge in [-0.05, 0) is 57.4 Å². The summed E-state index contributed by atoms with van der Waals surface area (Å²) in [5.74, 6) is 0. The molecule has 0 spiro atoms. The van der Waals surface area contributed by atoms with Crippen molar-refractivity contribution in [2.75, 3.05) is 37.0 Å². The van der Waals surface area contributed by atoms with Crippen LogP contribution in [0.25, 0.3) is 0 Å². The van der Waals surface area contributed by atoms with E-state index in [0.29, 0.717) is 13.9 Å². The molecule has 0 nitrogen and oxygen atoms in total. The van der Waals surface area contributed by atoms with E-state index in [-0.39, 0.29) is 15.8 Å². The first kappa shape index (κ1) is 24.5. The van der Waals surface area contributed by atoms with Gasteiger partial charge in [0.15, 0.2) is 0 Å². The number of halogens is 2. The van der Waals surface area contributed by atoms with Crippen LogP contribution in [0.3, 0.4) is 0 Å². The molecule has 0 saturated carbocycles. The van der Waals surface area contributed by atoms with Gasteiger partial charge < -0.3 is 0 Å². The topological polar surface area (TPSA) is 0 Å². The second-order valence-electron chi connectivity index (χ2n) is 3.67. The van der Waals surface area contributed by atoms with Crippen LogP contribution in [-0.2, 0) is 13.9 Å². The third-order valence-corrected chi connectivity index (χ3v) is 9.00. The Kier molecular flexibility index (Phi) is 34.0. The van der Waals surface area contributed by atoms with E-state index in [9.17, 15) is 0 Å². The van der Waals surface area contributed by atoms with Gasteiger partial charge in [-0.2, -0.15) is 0 Å². The molecule has 0 unspecified atom stereocenters. The molecular formula is C12H32Br2P2Pd+2. The van der Waals surface area contributed by atoms with Gasteiger partial charge in [0, 0.05) is 0 Å². The summed E-state index contributed by atoms with van der Waals surface area (Å²) >= 11 is 6.80. The van der Waals surface area contributed by atoms with Crippen LogP contribution in [0.5, 0.6) is 0 Å². The van der Waals surface area contributed by atoms with Gasteiger partial charge in [-0.15, -0.1) is 0 Å². The summed E-state index contributed by atoms with van der Waals surface area (Å²) in [7, 11) is 0.275. The fourth-order valence-corrected chi connectivity index (χ4v) is 4.50. The van der Waals surface area contributed by atoms with E-state index >= 15 is 0 Å². The number of hydrogen-bond acceptors (Lipinski definition) is 0. The third kappa shape index (κ3) is 23.9. The maximum absolute atomic E-state index is 3.11. The maximum atomic E-state index is 3.11. The number of rotatable bonds is 6. The normalized spacial score (nSPS) is 9.76. The van der Waals surface area contributed by atoms with E-state index in [1.807, 2.05) is 0 Å². The fourth-order valence-electron chi connectivity index (χ4n) is 1.50. The van der Waals surface area contributed by atoms with E-state index < -0.39 is 0 Å². The van der Waals surface area contributed by atoms with E-state index in [0.717, 1.165) is 0 Å². The average Bonchev–Trinajstić information content (AvgIpc) is 2.35. The first-order valence-electron chi connectivity index (χ1n) is 6.60. The van der Waals surface area contributed by atoms with Crippen molar-refractivity contribution < 1.29 is 13.9 Å². The molecule has 0 aromatic heterocycles. The summed E-state index contributed by atoms with van der Waals surface area (Å²) in [5.41, 5.74) is 0. The molecule has 0 aromatic carbocycles. The SMILES string of the molecule is CC[PH+](CC)CC.CC[PH+](CC)CC.[Br][Pd][Br]. The van der Waals surface area contributed by atoms with Crippen LogP contribution >= 0.6 is 42.7 Å². The van der Waals surface area contributed by atoms with E-state index in [4.69, 9.17) is 0 Å². The van der Waals surface area contributed by atoms with Crippen LogP contribution in [-0.4, -0.2) is 37.0 Å². The van der Waals surface area contributed by atoms with Gasteiger partial charge in [-0.1, -0.05) is 0 Å². The third-order valence-electron chi connectivity index (χ3n) is 3.00. The van der Waals surface area contributed by atoms with Crippen molar-refractivity contribution in [3.63, 3.8) is 0 Å². The Morgan fingerprint density at radius 1 is 0.588 bits per heavy atom. The Morgan fingerprint density at radius 2 is 0.706 bits per heavy atom. The first-order chi connectivity index (χ1) is 8.11. The van der Waals surface area contributed by atoms with Gasteiger partial charge in [0.25, 0.3) is 0 Å². The molecule has 0 aliphatic carbocycles. The number of hydrogen-bond donors (Lipinski definition) is 0. The summed E-state index contributed by atoms with van der Waals surface area (Å²) in [6.07, 6.45) is 8.74. The summed E-state index contributed by atoms with van der Waals surface area (Å²) < 4.78 is 0. The zero-order valence-electron chi connectivity index (χ0n) is 12.3. The molecule has 112 valence electrons. The molecule has 0 aromatic rings. The zero-order valence-corrected chi connectivity index (χ0v) is 19.0. The van der Waals surface area contributed by atoms with Gasteiger partial charge >= 0.3 is 40.8 Å². The van der Waals surface area contributed by atoms with E-state index in [1.165, 1.54) is 37.0 Å². The van der Waals surface area contributed by atoms with Crippen molar-refractivity contribution in [2.24, 2.45) is 0 Å². The summed E-state index contributed by atoms with van der Waals surface area (Å²) in [6.45, 7) is 13.8. The first-order valence-corrected chi connectivity index (χ1v) is 18.0. The molecule has 5 heteroatoms. The van der Waals surface area contributed by atoms with Crippen LogP contribution in [0.1, 0.15) is 41.5 Å². The van der Waals surface area contributed by atoms with E-state index in [2.05, 4.69) is 68.4 Å². The van der Waals surface area contributed by atoms with Crippen LogP contribution in [0.2, 0.25) is 0 Å². The van der Waals surface area contributed by atoms with Crippen molar-refractivity contribution in [3.05, 3.63) is 0 Å². The molecule has 0 bridgehead atoms. The molecule has 0 aliphatic heterocycles. The minimum atomic E-state index is 0.137. The van der Waals surface area contributed by atoms with Crippen molar-refractivity contribution in [1.29, 1.82) is 0 Å². The second-order valence-corrected chi connectivity index (χ2v) is 18.1. The molecule has 0 N–H and O–H groups in total. The van der Waals surface area contributed by atoms with Crippen LogP contribution in [0.4, 0.5) is 0 Å². The molecular weight excluding hydrogens is 472 g/mol. The van der Waals surface area contributed by atoms with Gasteiger partial charge in [0.1, 0.15) is 0 Å². The van der Waals surface area contributed by atoms with Crippen molar-refractivity contribution in [1.82, 2.24) is 0 Å². The Bertz CT molecular complexity index is 87.7. The predicted octanol–water partition coefficient (Wildman–Crippen LogP) is 6.21. The Balaban J connectivity index is -0.000000188. The second kappa shape index (κ2) is 23.6. The summed E-state index contributed by atoms with van der Waals surface area (Å²) in [4.78, 5) is 0. The van der Waals surface area contributed by atoms with Crippen LogP contribution in [0, 0.1) is 0 Å². The molecule has 0 fully saturated rings. The van der Waals surface area contributed by atoms with Gasteiger partial charge in [0.2, 0.25) is 0 Å². The Labute approximate surface area is 134 Å². The average molecular weight is 505 g/mol. The van der Waals surface area contributed by atoms with Crippen molar-refractivity contribution in [2.45, 2.75) is 41.5 Å². The minimum absolute atomic E-state index is 0.137. The molecule has 0 atom stereocenters. The molecule has 0 saturated heterocycles. The Hall–Kier alpha value is 2.48. The van der Waals surface area contributed by atoms with Gasteiger partial charge in [0.05, 0.1) is 37.0 Å². The summed E-state index contributed by atoms with van der Waals surface area (Å²) in [5, 5.41) is 0. The van der Waals surface area contributed by atoms with Gasteiger partial charge in [-0.25, -0.2) is 0 Å². The molecule has 17 heavy (non-hydrogen) atoms. The monoisotopic (exact) mass is 502 g/mol. The van der Waals surface area contributed by atoms with Crippen molar-refractivity contribution >= 4 is 42.7 Å². The van der Waals surface area contributed by atoms with Crippen LogP contribution < -0.4 is 0 Å². The predicted molar refractivity (Wildman–Crippen MR) is 97.7 cm³/mol.